The van der Waals surface area contributed by atoms with E-state index in [4.69, 9.17) is 0 Å². The zero-order valence-corrected chi connectivity index (χ0v) is 11.2. The summed E-state index contributed by atoms with van der Waals surface area (Å²) in [5.74, 6) is 0.696. The Bertz CT molecular complexity index is 757. The molecule has 0 radical (unpaired) electrons. The SMILES string of the molecule is CCn1c(-c2ccccc2)nn(-c2ccccc2)c1=O. The summed E-state index contributed by atoms with van der Waals surface area (Å²) < 4.78 is 3.13. The minimum atomic E-state index is -0.113. The predicted octanol–water partition coefficient (Wildman–Crippen LogP) is 2.72. The van der Waals surface area contributed by atoms with Gasteiger partial charge < -0.3 is 0 Å². The molecule has 0 aliphatic heterocycles. The van der Waals surface area contributed by atoms with E-state index in [9.17, 15) is 4.79 Å². The molecule has 0 aliphatic carbocycles. The molecular formula is C16H15N3O. The minimum absolute atomic E-state index is 0.113. The van der Waals surface area contributed by atoms with Crippen LogP contribution in [0.1, 0.15) is 6.92 Å². The van der Waals surface area contributed by atoms with Gasteiger partial charge in [0, 0.05) is 12.1 Å². The van der Waals surface area contributed by atoms with Crippen molar-refractivity contribution in [2.75, 3.05) is 0 Å². The Morgan fingerprint density at radius 3 is 2.15 bits per heavy atom. The summed E-state index contributed by atoms with van der Waals surface area (Å²) >= 11 is 0. The van der Waals surface area contributed by atoms with Gasteiger partial charge in [-0.3, -0.25) is 4.57 Å². The van der Waals surface area contributed by atoms with Gasteiger partial charge in [-0.15, -0.1) is 5.10 Å². The maximum absolute atomic E-state index is 12.5. The van der Waals surface area contributed by atoms with E-state index in [2.05, 4.69) is 5.10 Å². The number of aromatic nitrogens is 3. The second kappa shape index (κ2) is 5.17. The predicted molar refractivity (Wildman–Crippen MR) is 78.9 cm³/mol. The Balaban J connectivity index is 2.21. The number of hydrogen-bond acceptors (Lipinski definition) is 2. The molecule has 100 valence electrons. The Kier molecular flexibility index (Phi) is 3.21. The lowest BCUT2D eigenvalue weighted by Crippen LogP contribution is -2.23. The lowest BCUT2D eigenvalue weighted by molar-refractivity contribution is 0.716. The molecule has 0 N–H and O–H groups in total. The van der Waals surface area contributed by atoms with Crippen LogP contribution in [0.2, 0.25) is 0 Å². The number of benzene rings is 2. The van der Waals surface area contributed by atoms with Crippen molar-refractivity contribution < 1.29 is 0 Å². The highest BCUT2D eigenvalue weighted by atomic mass is 16.2. The monoisotopic (exact) mass is 265 g/mol. The first-order chi connectivity index (χ1) is 9.81. The number of nitrogens with zero attached hydrogens (tertiary/aromatic N) is 3. The lowest BCUT2D eigenvalue weighted by Gasteiger charge is -2.00. The summed E-state index contributed by atoms with van der Waals surface area (Å²) in [5.41, 5.74) is 1.61. The van der Waals surface area contributed by atoms with Gasteiger partial charge in [-0.1, -0.05) is 48.5 Å². The molecule has 0 atom stereocenters. The van der Waals surface area contributed by atoms with Gasteiger partial charge in [0.2, 0.25) is 0 Å². The molecule has 3 rings (SSSR count). The maximum atomic E-state index is 12.5. The third kappa shape index (κ3) is 2.05. The lowest BCUT2D eigenvalue weighted by atomic mass is 10.2. The number of rotatable bonds is 3. The Morgan fingerprint density at radius 2 is 1.55 bits per heavy atom. The molecule has 0 bridgehead atoms. The van der Waals surface area contributed by atoms with Gasteiger partial charge in [0.1, 0.15) is 0 Å². The van der Waals surface area contributed by atoms with E-state index in [1.54, 1.807) is 4.57 Å². The largest absolute Gasteiger partial charge is 0.350 e. The molecule has 4 heteroatoms. The molecule has 0 aliphatic rings. The van der Waals surface area contributed by atoms with Crippen LogP contribution in [-0.2, 0) is 6.54 Å². The highest BCUT2D eigenvalue weighted by Crippen LogP contribution is 2.16. The van der Waals surface area contributed by atoms with E-state index in [1.165, 1.54) is 4.68 Å². The van der Waals surface area contributed by atoms with Crippen LogP contribution >= 0.6 is 0 Å². The summed E-state index contributed by atoms with van der Waals surface area (Å²) in [6.07, 6.45) is 0. The molecule has 4 nitrogen and oxygen atoms in total. The average Bonchev–Trinajstić information content (AvgIpc) is 2.86. The molecule has 1 aromatic heterocycles. The van der Waals surface area contributed by atoms with Crippen molar-refractivity contribution in [1.82, 2.24) is 14.3 Å². The molecule has 0 spiro atoms. The summed E-state index contributed by atoms with van der Waals surface area (Å²) in [5, 5.41) is 4.49. The van der Waals surface area contributed by atoms with Gasteiger partial charge in [0.25, 0.3) is 0 Å². The van der Waals surface area contributed by atoms with Crippen molar-refractivity contribution >= 4 is 0 Å². The van der Waals surface area contributed by atoms with Crippen molar-refractivity contribution in [1.29, 1.82) is 0 Å². The quantitative estimate of drug-likeness (QED) is 0.730. The van der Waals surface area contributed by atoms with E-state index in [0.29, 0.717) is 12.4 Å². The fraction of sp³-hybridized carbons (Fsp3) is 0.125. The van der Waals surface area contributed by atoms with Gasteiger partial charge in [-0.2, -0.15) is 4.68 Å². The van der Waals surface area contributed by atoms with Crippen molar-refractivity contribution in [3.63, 3.8) is 0 Å². The second-order valence-electron chi connectivity index (χ2n) is 4.46. The molecule has 0 saturated heterocycles. The van der Waals surface area contributed by atoms with Crippen molar-refractivity contribution in [2.45, 2.75) is 13.5 Å². The zero-order valence-electron chi connectivity index (χ0n) is 11.2. The Morgan fingerprint density at radius 1 is 0.950 bits per heavy atom. The number of para-hydroxylation sites is 1. The van der Waals surface area contributed by atoms with Crippen LogP contribution in [0.4, 0.5) is 0 Å². The van der Waals surface area contributed by atoms with E-state index in [0.717, 1.165) is 11.3 Å². The van der Waals surface area contributed by atoms with Crippen LogP contribution in [0.15, 0.2) is 65.5 Å². The highest BCUT2D eigenvalue weighted by molar-refractivity contribution is 5.55. The van der Waals surface area contributed by atoms with Gasteiger partial charge in [-0.05, 0) is 19.1 Å². The van der Waals surface area contributed by atoms with Crippen LogP contribution in [-0.4, -0.2) is 14.3 Å². The van der Waals surface area contributed by atoms with Crippen molar-refractivity contribution in [3.05, 3.63) is 71.1 Å². The topological polar surface area (TPSA) is 39.8 Å². The Labute approximate surface area is 116 Å². The fourth-order valence-electron chi connectivity index (χ4n) is 2.22. The first-order valence-electron chi connectivity index (χ1n) is 6.62. The van der Waals surface area contributed by atoms with Gasteiger partial charge in [0.05, 0.1) is 5.69 Å². The molecule has 0 amide bonds. The second-order valence-corrected chi connectivity index (χ2v) is 4.46. The van der Waals surface area contributed by atoms with E-state index in [-0.39, 0.29) is 5.69 Å². The molecule has 2 aromatic carbocycles. The first kappa shape index (κ1) is 12.4. The third-order valence-corrected chi connectivity index (χ3v) is 3.21. The van der Waals surface area contributed by atoms with Crippen LogP contribution in [0.3, 0.4) is 0 Å². The summed E-state index contributed by atoms with van der Waals surface area (Å²) in [6.45, 7) is 2.54. The summed E-state index contributed by atoms with van der Waals surface area (Å²) in [7, 11) is 0. The summed E-state index contributed by atoms with van der Waals surface area (Å²) in [4.78, 5) is 12.5. The van der Waals surface area contributed by atoms with E-state index < -0.39 is 0 Å². The summed E-state index contributed by atoms with van der Waals surface area (Å²) in [6, 6.07) is 19.2. The average molecular weight is 265 g/mol. The molecule has 20 heavy (non-hydrogen) atoms. The van der Waals surface area contributed by atoms with E-state index >= 15 is 0 Å². The molecule has 1 heterocycles. The molecule has 3 aromatic rings. The smallest absolute Gasteiger partial charge is 0.275 e. The van der Waals surface area contributed by atoms with Crippen molar-refractivity contribution in [3.8, 4) is 17.1 Å². The highest BCUT2D eigenvalue weighted by Gasteiger charge is 2.14. The zero-order chi connectivity index (χ0) is 13.9. The maximum Gasteiger partial charge on any atom is 0.350 e. The molecule has 0 fully saturated rings. The van der Waals surface area contributed by atoms with Crippen LogP contribution < -0.4 is 5.69 Å². The number of hydrogen-bond donors (Lipinski definition) is 0. The van der Waals surface area contributed by atoms with Crippen LogP contribution in [0, 0.1) is 0 Å². The standard InChI is InChI=1S/C16H15N3O/c1-2-18-15(13-9-5-3-6-10-13)17-19(16(18)20)14-11-7-4-8-12-14/h3-12H,2H2,1H3. The normalized spacial score (nSPS) is 10.7. The minimum Gasteiger partial charge on any atom is -0.275 e. The molecule has 0 saturated carbocycles. The third-order valence-electron chi connectivity index (χ3n) is 3.21. The van der Waals surface area contributed by atoms with E-state index in [1.807, 2.05) is 67.6 Å². The first-order valence-corrected chi connectivity index (χ1v) is 6.62. The molecule has 0 unspecified atom stereocenters. The van der Waals surface area contributed by atoms with Crippen LogP contribution in [0.25, 0.3) is 17.1 Å². The molecular weight excluding hydrogens is 250 g/mol. The Hall–Kier alpha value is -2.62. The van der Waals surface area contributed by atoms with Crippen molar-refractivity contribution in [2.24, 2.45) is 0 Å². The van der Waals surface area contributed by atoms with Gasteiger partial charge >= 0.3 is 5.69 Å². The fourth-order valence-corrected chi connectivity index (χ4v) is 2.22. The van der Waals surface area contributed by atoms with Gasteiger partial charge in [0.15, 0.2) is 5.82 Å². The van der Waals surface area contributed by atoms with Crippen LogP contribution in [0.5, 0.6) is 0 Å². The van der Waals surface area contributed by atoms with Gasteiger partial charge in [-0.25, -0.2) is 4.79 Å².